The maximum Gasteiger partial charge on any atom is 0.239 e. The predicted octanol–water partition coefficient (Wildman–Crippen LogP) is 1.57. The summed E-state index contributed by atoms with van der Waals surface area (Å²) >= 11 is 0. The van der Waals surface area contributed by atoms with Gasteiger partial charge in [0, 0.05) is 26.1 Å². The van der Waals surface area contributed by atoms with Crippen molar-refractivity contribution in [2.24, 2.45) is 0 Å². The van der Waals surface area contributed by atoms with Crippen LogP contribution < -0.4 is 10.2 Å². The van der Waals surface area contributed by atoms with E-state index in [0.717, 1.165) is 16.5 Å². The van der Waals surface area contributed by atoms with Crippen LogP contribution in [0.15, 0.2) is 35.0 Å². The minimum absolute atomic E-state index is 0.104. The van der Waals surface area contributed by atoms with Gasteiger partial charge in [-0.05, 0) is 12.1 Å². The van der Waals surface area contributed by atoms with Gasteiger partial charge in [-0.25, -0.2) is 9.97 Å². The van der Waals surface area contributed by atoms with Crippen LogP contribution in [0.1, 0.15) is 0 Å². The van der Waals surface area contributed by atoms with Crippen LogP contribution >= 0.6 is 0 Å². The van der Waals surface area contributed by atoms with Crippen molar-refractivity contribution in [3.8, 4) is 0 Å². The van der Waals surface area contributed by atoms with Crippen LogP contribution in [0.2, 0.25) is 0 Å². The Morgan fingerprint density at radius 2 is 2.17 bits per heavy atom. The number of nitrogens with zero attached hydrogens (tertiary/aromatic N) is 3. The topological polar surface area (TPSA) is 80.5 Å². The Morgan fingerprint density at radius 3 is 3.00 bits per heavy atom. The van der Waals surface area contributed by atoms with Gasteiger partial charge in [-0.2, -0.15) is 0 Å². The van der Waals surface area contributed by atoms with Gasteiger partial charge in [-0.1, -0.05) is 12.1 Å². The molecular formula is C16H18N4O3. The number of methoxy groups -OCH3 is 1. The van der Waals surface area contributed by atoms with Crippen molar-refractivity contribution in [1.82, 2.24) is 15.3 Å². The normalized spacial score (nSPS) is 11.0. The fourth-order valence-electron chi connectivity index (χ4n) is 2.42. The first-order chi connectivity index (χ1) is 11.2. The van der Waals surface area contributed by atoms with Crippen molar-refractivity contribution in [2.75, 3.05) is 38.8 Å². The molecule has 0 aliphatic carbocycles. The molecule has 0 atom stereocenters. The number of amides is 1. The Hall–Kier alpha value is -2.67. The van der Waals surface area contributed by atoms with E-state index < -0.39 is 0 Å². The molecule has 7 nitrogen and oxygen atoms in total. The monoisotopic (exact) mass is 314 g/mol. The van der Waals surface area contributed by atoms with Crippen LogP contribution in [0.25, 0.3) is 22.1 Å². The molecule has 3 aromatic rings. The molecule has 0 spiro atoms. The van der Waals surface area contributed by atoms with Gasteiger partial charge in [0.05, 0.1) is 13.2 Å². The number of rotatable bonds is 6. The van der Waals surface area contributed by atoms with Gasteiger partial charge >= 0.3 is 0 Å². The van der Waals surface area contributed by atoms with Crippen molar-refractivity contribution in [1.29, 1.82) is 0 Å². The van der Waals surface area contributed by atoms with E-state index in [2.05, 4.69) is 15.3 Å². The molecule has 120 valence electrons. The second kappa shape index (κ2) is 6.62. The van der Waals surface area contributed by atoms with E-state index in [1.165, 1.54) is 6.33 Å². The van der Waals surface area contributed by atoms with Crippen LogP contribution in [0.3, 0.4) is 0 Å². The van der Waals surface area contributed by atoms with E-state index >= 15 is 0 Å². The van der Waals surface area contributed by atoms with E-state index in [-0.39, 0.29) is 12.5 Å². The highest BCUT2D eigenvalue weighted by Gasteiger charge is 2.17. The number of para-hydroxylation sites is 1. The zero-order valence-electron chi connectivity index (χ0n) is 13.1. The molecule has 0 unspecified atom stereocenters. The average molecular weight is 314 g/mol. The number of ether oxygens (including phenoxy) is 1. The first kappa shape index (κ1) is 15.2. The van der Waals surface area contributed by atoms with Crippen molar-refractivity contribution in [3.63, 3.8) is 0 Å². The number of hydrogen-bond donors (Lipinski definition) is 1. The number of likely N-dealkylation sites (N-methyl/N-ethyl adjacent to an activating group) is 1. The number of nitrogens with one attached hydrogen (secondary N) is 1. The summed E-state index contributed by atoms with van der Waals surface area (Å²) in [4.78, 5) is 22.2. The SMILES string of the molecule is COCCNC(=O)CN(C)c1ncnc2c1oc1ccccc12. The van der Waals surface area contributed by atoms with E-state index in [0.29, 0.717) is 24.6 Å². The van der Waals surface area contributed by atoms with E-state index in [4.69, 9.17) is 9.15 Å². The van der Waals surface area contributed by atoms with Crippen LogP contribution in [0.4, 0.5) is 5.82 Å². The first-order valence-electron chi connectivity index (χ1n) is 7.29. The molecule has 23 heavy (non-hydrogen) atoms. The van der Waals surface area contributed by atoms with Crippen molar-refractivity contribution < 1.29 is 13.9 Å². The zero-order valence-corrected chi connectivity index (χ0v) is 13.1. The quantitative estimate of drug-likeness (QED) is 0.696. The minimum atomic E-state index is -0.104. The van der Waals surface area contributed by atoms with Gasteiger partial charge < -0.3 is 19.4 Å². The Kier molecular flexibility index (Phi) is 4.38. The van der Waals surface area contributed by atoms with Crippen LogP contribution in [-0.2, 0) is 9.53 Å². The van der Waals surface area contributed by atoms with E-state index in [1.807, 2.05) is 24.3 Å². The predicted molar refractivity (Wildman–Crippen MR) is 87.5 cm³/mol. The Morgan fingerprint density at radius 1 is 1.35 bits per heavy atom. The van der Waals surface area contributed by atoms with Gasteiger partial charge in [-0.3, -0.25) is 4.79 Å². The summed E-state index contributed by atoms with van der Waals surface area (Å²) in [6.45, 7) is 1.14. The molecule has 0 saturated carbocycles. The third kappa shape index (κ3) is 3.09. The van der Waals surface area contributed by atoms with Gasteiger partial charge in [-0.15, -0.1) is 0 Å². The van der Waals surface area contributed by atoms with Crippen LogP contribution in [0.5, 0.6) is 0 Å². The molecule has 0 radical (unpaired) electrons. The highest BCUT2D eigenvalue weighted by molar-refractivity contribution is 6.05. The number of aromatic nitrogens is 2. The largest absolute Gasteiger partial charge is 0.450 e. The lowest BCUT2D eigenvalue weighted by Crippen LogP contribution is -2.37. The number of hydrogen-bond acceptors (Lipinski definition) is 6. The molecule has 1 N–H and O–H groups in total. The maximum atomic E-state index is 11.9. The lowest BCUT2D eigenvalue weighted by molar-refractivity contribution is -0.119. The molecule has 2 heterocycles. The van der Waals surface area contributed by atoms with Gasteiger partial charge in [0.1, 0.15) is 17.4 Å². The third-order valence-electron chi connectivity index (χ3n) is 3.51. The fraction of sp³-hybridized carbons (Fsp3) is 0.312. The van der Waals surface area contributed by atoms with E-state index in [1.54, 1.807) is 19.1 Å². The molecule has 0 aliphatic rings. The molecule has 3 rings (SSSR count). The third-order valence-corrected chi connectivity index (χ3v) is 3.51. The molecule has 1 aromatic carbocycles. The molecule has 0 saturated heterocycles. The Balaban J connectivity index is 1.86. The number of furan rings is 1. The second-order valence-corrected chi connectivity index (χ2v) is 5.17. The smallest absolute Gasteiger partial charge is 0.239 e. The van der Waals surface area contributed by atoms with Crippen molar-refractivity contribution in [2.45, 2.75) is 0 Å². The number of anilines is 1. The summed E-state index contributed by atoms with van der Waals surface area (Å²) in [5, 5.41) is 3.71. The summed E-state index contributed by atoms with van der Waals surface area (Å²) in [6, 6.07) is 7.68. The summed E-state index contributed by atoms with van der Waals surface area (Å²) in [7, 11) is 3.39. The summed E-state index contributed by atoms with van der Waals surface area (Å²) in [5.74, 6) is 0.487. The lowest BCUT2D eigenvalue weighted by Gasteiger charge is -2.17. The molecule has 7 heteroatoms. The highest BCUT2D eigenvalue weighted by atomic mass is 16.5. The Labute approximate surface area is 133 Å². The number of benzene rings is 1. The molecule has 1 amide bonds. The highest BCUT2D eigenvalue weighted by Crippen LogP contribution is 2.31. The number of carbonyl (C=O) groups is 1. The van der Waals surface area contributed by atoms with Gasteiger partial charge in [0.2, 0.25) is 5.91 Å². The maximum absolute atomic E-state index is 11.9. The zero-order chi connectivity index (χ0) is 16.2. The van der Waals surface area contributed by atoms with Crippen LogP contribution in [-0.4, -0.2) is 49.7 Å². The first-order valence-corrected chi connectivity index (χ1v) is 7.29. The molecule has 0 bridgehead atoms. The van der Waals surface area contributed by atoms with E-state index in [9.17, 15) is 4.79 Å². The average Bonchev–Trinajstić information content (AvgIpc) is 2.93. The fourth-order valence-corrected chi connectivity index (χ4v) is 2.42. The van der Waals surface area contributed by atoms with Crippen LogP contribution in [0, 0.1) is 0 Å². The number of fused-ring (bicyclic) bond motifs is 3. The standard InChI is InChI=1S/C16H18N4O3/c1-20(9-13(21)17-7-8-22-2)16-15-14(18-10-19-16)11-5-3-4-6-12(11)23-15/h3-6,10H,7-9H2,1-2H3,(H,17,21). The van der Waals surface area contributed by atoms with Crippen molar-refractivity contribution >= 4 is 33.8 Å². The molecule has 0 fully saturated rings. The van der Waals surface area contributed by atoms with Gasteiger partial charge in [0.25, 0.3) is 0 Å². The molecule has 0 aliphatic heterocycles. The summed E-state index contributed by atoms with van der Waals surface area (Å²) in [6.07, 6.45) is 1.49. The minimum Gasteiger partial charge on any atom is -0.450 e. The summed E-state index contributed by atoms with van der Waals surface area (Å²) in [5.41, 5.74) is 2.08. The molecular weight excluding hydrogens is 296 g/mol. The Bertz CT molecular complexity index is 830. The summed E-state index contributed by atoms with van der Waals surface area (Å²) < 4.78 is 10.8. The number of carbonyl (C=O) groups excluding carboxylic acids is 1. The van der Waals surface area contributed by atoms with Gasteiger partial charge in [0.15, 0.2) is 11.4 Å². The lowest BCUT2D eigenvalue weighted by atomic mass is 10.2. The molecule has 2 aromatic heterocycles. The van der Waals surface area contributed by atoms with Crippen molar-refractivity contribution in [3.05, 3.63) is 30.6 Å². The second-order valence-electron chi connectivity index (χ2n) is 5.17.